The van der Waals surface area contributed by atoms with Crippen molar-refractivity contribution in [2.75, 3.05) is 0 Å². The first-order chi connectivity index (χ1) is 11.2. The lowest BCUT2D eigenvalue weighted by Gasteiger charge is -2.39. The normalized spacial score (nSPS) is 22.0. The molecule has 0 fully saturated rings. The molecule has 0 N–H and O–H groups in total. The van der Waals surface area contributed by atoms with E-state index in [4.69, 9.17) is 4.43 Å². The average molecular weight is 353 g/mol. The monoisotopic (exact) mass is 352 g/mol. The second-order valence-electron chi connectivity index (χ2n) is 9.54. The third-order valence-electron chi connectivity index (χ3n) is 6.19. The van der Waals surface area contributed by atoms with Crippen molar-refractivity contribution in [3.8, 4) is 0 Å². The third kappa shape index (κ3) is 7.43. The van der Waals surface area contributed by atoms with Crippen molar-refractivity contribution < 1.29 is 4.43 Å². The summed E-state index contributed by atoms with van der Waals surface area (Å²) in [6, 6.07) is 0. The van der Waals surface area contributed by atoms with Crippen molar-refractivity contribution in [3.63, 3.8) is 0 Å². The molecule has 0 heterocycles. The van der Waals surface area contributed by atoms with E-state index in [1.165, 1.54) is 69.8 Å². The van der Waals surface area contributed by atoms with Crippen LogP contribution in [0.5, 0.6) is 0 Å². The Bertz CT molecular complexity index is 378. The van der Waals surface area contributed by atoms with Crippen LogP contribution in [0.25, 0.3) is 0 Å². The molecule has 2 atom stereocenters. The summed E-state index contributed by atoms with van der Waals surface area (Å²) in [7, 11) is -1.64. The molecule has 1 rings (SSSR count). The lowest BCUT2D eigenvalue weighted by molar-refractivity contribution is 0.201. The molecule has 0 saturated carbocycles. The van der Waals surface area contributed by atoms with Crippen molar-refractivity contribution in [1.29, 1.82) is 0 Å². The Kier molecular flexibility index (Phi) is 9.30. The van der Waals surface area contributed by atoms with Crippen molar-refractivity contribution in [2.24, 2.45) is 5.92 Å². The fourth-order valence-corrected chi connectivity index (χ4v) is 4.77. The van der Waals surface area contributed by atoms with Crippen LogP contribution in [0.4, 0.5) is 0 Å². The summed E-state index contributed by atoms with van der Waals surface area (Å²) in [5.41, 5.74) is 1.49. The highest BCUT2D eigenvalue weighted by Gasteiger charge is 2.40. The van der Waals surface area contributed by atoms with Gasteiger partial charge in [-0.2, -0.15) is 0 Å². The first-order valence-corrected chi connectivity index (χ1v) is 13.4. The second-order valence-corrected chi connectivity index (χ2v) is 14.3. The van der Waals surface area contributed by atoms with E-state index in [0.29, 0.717) is 11.1 Å². The van der Waals surface area contributed by atoms with Crippen LogP contribution in [0.1, 0.15) is 98.8 Å². The summed E-state index contributed by atoms with van der Waals surface area (Å²) in [5, 5.41) is 0.309. The maximum Gasteiger partial charge on any atom is 0.192 e. The molecule has 1 nitrogen and oxygen atoms in total. The topological polar surface area (TPSA) is 9.23 Å². The minimum atomic E-state index is -1.64. The molecule has 0 unspecified atom stereocenters. The zero-order chi connectivity index (χ0) is 18.2. The van der Waals surface area contributed by atoms with Crippen molar-refractivity contribution in [1.82, 2.24) is 0 Å². The zero-order valence-electron chi connectivity index (χ0n) is 17.7. The van der Waals surface area contributed by atoms with Crippen LogP contribution in [0, 0.1) is 5.92 Å². The molecule has 24 heavy (non-hydrogen) atoms. The molecular weight excluding hydrogens is 308 g/mol. The number of unbranched alkanes of at least 4 members (excludes halogenated alkanes) is 7. The van der Waals surface area contributed by atoms with E-state index in [0.717, 1.165) is 5.92 Å². The highest BCUT2D eigenvalue weighted by Crippen LogP contribution is 2.41. The molecule has 0 radical (unpaired) electrons. The zero-order valence-corrected chi connectivity index (χ0v) is 18.7. The van der Waals surface area contributed by atoms with E-state index in [1.807, 2.05) is 0 Å². The second kappa shape index (κ2) is 10.2. The van der Waals surface area contributed by atoms with Gasteiger partial charge in [0.15, 0.2) is 8.32 Å². The minimum absolute atomic E-state index is 0.309. The van der Waals surface area contributed by atoms with Gasteiger partial charge in [-0.25, -0.2) is 0 Å². The summed E-state index contributed by atoms with van der Waals surface area (Å²) in [4.78, 5) is 0. The lowest BCUT2D eigenvalue weighted by Crippen LogP contribution is -2.43. The van der Waals surface area contributed by atoms with Gasteiger partial charge in [-0.05, 0) is 49.4 Å². The van der Waals surface area contributed by atoms with Crippen LogP contribution in [0.15, 0.2) is 11.6 Å². The Morgan fingerprint density at radius 3 is 2.08 bits per heavy atom. The van der Waals surface area contributed by atoms with Gasteiger partial charge in [-0.1, -0.05) is 85.1 Å². The smallest absolute Gasteiger partial charge is 0.192 e. The maximum absolute atomic E-state index is 6.66. The lowest BCUT2D eigenvalue weighted by atomic mass is 9.99. The molecule has 0 saturated heterocycles. The average Bonchev–Trinajstić information content (AvgIpc) is 2.80. The fourth-order valence-electron chi connectivity index (χ4n) is 3.42. The molecule has 0 aromatic carbocycles. The summed E-state index contributed by atoms with van der Waals surface area (Å²) in [6.45, 7) is 16.4. The van der Waals surface area contributed by atoms with Gasteiger partial charge < -0.3 is 4.43 Å². The van der Waals surface area contributed by atoms with Crippen molar-refractivity contribution in [2.45, 2.75) is 123 Å². The first-order valence-electron chi connectivity index (χ1n) is 10.5. The van der Waals surface area contributed by atoms with Crippen molar-refractivity contribution in [3.05, 3.63) is 11.6 Å². The highest BCUT2D eigenvalue weighted by molar-refractivity contribution is 6.74. The van der Waals surface area contributed by atoms with E-state index in [2.05, 4.69) is 53.8 Å². The van der Waals surface area contributed by atoms with E-state index in [-0.39, 0.29) is 0 Å². The standard InChI is InChI=1S/C22H44OSi/c1-8-9-10-11-12-13-14-15-16-20-17-19(2)21(18-20)23-24(6,7)22(3,4)5/h17,20-21H,8-16,18H2,1-7H3/t20-,21-/m0/s1. The largest absolute Gasteiger partial charge is 0.410 e. The van der Waals surface area contributed by atoms with E-state index in [1.54, 1.807) is 0 Å². The summed E-state index contributed by atoms with van der Waals surface area (Å²) in [5.74, 6) is 0.764. The third-order valence-corrected chi connectivity index (χ3v) is 10.7. The molecule has 0 amide bonds. The minimum Gasteiger partial charge on any atom is -0.410 e. The highest BCUT2D eigenvalue weighted by atomic mass is 28.4. The molecule has 0 aromatic rings. The Labute approximate surface area is 153 Å². The number of rotatable bonds is 11. The summed E-state index contributed by atoms with van der Waals surface area (Å²) < 4.78 is 6.66. The van der Waals surface area contributed by atoms with Crippen LogP contribution in [-0.2, 0) is 4.43 Å². The predicted molar refractivity (Wildman–Crippen MR) is 111 cm³/mol. The molecule has 142 valence electrons. The summed E-state index contributed by atoms with van der Waals surface area (Å²) in [6.07, 6.45) is 16.8. The van der Waals surface area contributed by atoms with Crippen LogP contribution in [0.3, 0.4) is 0 Å². The number of hydrogen-bond donors (Lipinski definition) is 0. The predicted octanol–water partition coefficient (Wildman–Crippen LogP) is 7.87. The Balaban J connectivity index is 2.22. The fraction of sp³-hybridized carbons (Fsp3) is 0.909. The molecule has 0 aromatic heterocycles. The quantitative estimate of drug-likeness (QED) is 0.209. The van der Waals surface area contributed by atoms with E-state index in [9.17, 15) is 0 Å². The van der Waals surface area contributed by atoms with E-state index >= 15 is 0 Å². The number of allylic oxidation sites excluding steroid dienone is 1. The number of hydrogen-bond acceptors (Lipinski definition) is 1. The Morgan fingerprint density at radius 1 is 1.00 bits per heavy atom. The van der Waals surface area contributed by atoms with Crippen LogP contribution in [-0.4, -0.2) is 14.4 Å². The van der Waals surface area contributed by atoms with Gasteiger partial charge >= 0.3 is 0 Å². The Morgan fingerprint density at radius 2 is 1.54 bits per heavy atom. The van der Waals surface area contributed by atoms with Gasteiger partial charge in [-0.3, -0.25) is 0 Å². The molecular formula is C22H44OSi. The first kappa shape index (κ1) is 22.0. The Hall–Kier alpha value is -0.0831. The van der Waals surface area contributed by atoms with Crippen LogP contribution < -0.4 is 0 Å². The van der Waals surface area contributed by atoms with Gasteiger partial charge in [0.25, 0.3) is 0 Å². The molecule has 1 aliphatic carbocycles. The molecule has 0 aliphatic heterocycles. The van der Waals surface area contributed by atoms with Gasteiger partial charge in [-0.15, -0.1) is 0 Å². The maximum atomic E-state index is 6.66. The van der Waals surface area contributed by atoms with Gasteiger partial charge in [0, 0.05) is 0 Å². The van der Waals surface area contributed by atoms with Gasteiger partial charge in [0.2, 0.25) is 0 Å². The molecule has 0 spiro atoms. The SMILES string of the molecule is CCCCCCCCCC[C@H]1C=C(C)[C@@H](O[Si](C)(C)C(C)(C)C)C1. The van der Waals surface area contributed by atoms with Gasteiger partial charge in [0.1, 0.15) is 0 Å². The summed E-state index contributed by atoms with van der Waals surface area (Å²) >= 11 is 0. The van der Waals surface area contributed by atoms with Crippen LogP contribution >= 0.6 is 0 Å². The van der Waals surface area contributed by atoms with Gasteiger partial charge in [0.05, 0.1) is 6.10 Å². The van der Waals surface area contributed by atoms with Crippen molar-refractivity contribution >= 4 is 8.32 Å². The molecule has 2 heteroatoms. The van der Waals surface area contributed by atoms with Crippen LogP contribution in [0.2, 0.25) is 18.1 Å². The van der Waals surface area contributed by atoms with E-state index < -0.39 is 8.32 Å². The molecule has 1 aliphatic rings. The molecule has 0 bridgehead atoms.